The number of aromatic nitrogens is 4. The number of fused-ring (bicyclic) bond motifs is 1. The molecule has 0 aliphatic heterocycles. The molecule has 0 aliphatic rings. The first kappa shape index (κ1) is 16.4. The fraction of sp³-hybridized carbons (Fsp3) is 0.105. The number of esters is 1. The highest BCUT2D eigenvalue weighted by Crippen LogP contribution is 2.19. The summed E-state index contributed by atoms with van der Waals surface area (Å²) in [5, 5.41) is 7.51. The standard InChI is InChI=1S/C19H15ClN4O2/c1-12-2-4-13(5-3-12)16-8-17(23-22-16)19(25)26-11-15-10-24-9-14(20)6-7-18(24)21-15/h2-10H,11H2,1H3,(H,22,23). The Bertz CT molecular complexity index is 1080. The van der Waals surface area contributed by atoms with Gasteiger partial charge in [0.25, 0.3) is 0 Å². The molecule has 0 radical (unpaired) electrons. The van der Waals surface area contributed by atoms with Gasteiger partial charge in [0.1, 0.15) is 17.9 Å². The van der Waals surface area contributed by atoms with Gasteiger partial charge in [-0.2, -0.15) is 5.10 Å². The van der Waals surface area contributed by atoms with Gasteiger partial charge in [-0.15, -0.1) is 0 Å². The Balaban J connectivity index is 1.45. The molecule has 0 saturated carbocycles. The first-order valence-electron chi connectivity index (χ1n) is 8.01. The average Bonchev–Trinajstić information content (AvgIpc) is 3.27. The molecule has 3 heterocycles. The van der Waals surface area contributed by atoms with E-state index in [2.05, 4.69) is 15.2 Å². The summed E-state index contributed by atoms with van der Waals surface area (Å²) in [5.74, 6) is -0.481. The number of nitrogens with one attached hydrogen (secondary N) is 1. The minimum Gasteiger partial charge on any atom is -0.454 e. The lowest BCUT2D eigenvalue weighted by molar-refractivity contribution is 0.0461. The number of pyridine rings is 1. The van der Waals surface area contributed by atoms with Crippen molar-refractivity contribution in [3.8, 4) is 11.3 Å². The number of hydrogen-bond acceptors (Lipinski definition) is 4. The topological polar surface area (TPSA) is 72.3 Å². The number of benzene rings is 1. The van der Waals surface area contributed by atoms with Crippen molar-refractivity contribution in [2.75, 3.05) is 0 Å². The lowest BCUT2D eigenvalue weighted by atomic mass is 10.1. The second-order valence-corrected chi connectivity index (χ2v) is 6.39. The van der Waals surface area contributed by atoms with Gasteiger partial charge in [-0.1, -0.05) is 41.4 Å². The zero-order valence-corrected chi connectivity index (χ0v) is 14.7. The maximum atomic E-state index is 12.2. The van der Waals surface area contributed by atoms with E-state index in [0.29, 0.717) is 22.1 Å². The highest BCUT2D eigenvalue weighted by atomic mass is 35.5. The predicted molar refractivity (Wildman–Crippen MR) is 98.1 cm³/mol. The fourth-order valence-electron chi connectivity index (χ4n) is 2.60. The van der Waals surface area contributed by atoms with Gasteiger partial charge < -0.3 is 9.14 Å². The molecule has 4 rings (SSSR count). The summed E-state index contributed by atoms with van der Waals surface area (Å²) in [6, 6.07) is 13.2. The Morgan fingerprint density at radius 2 is 2.00 bits per heavy atom. The summed E-state index contributed by atoms with van der Waals surface area (Å²) in [4.78, 5) is 16.6. The molecule has 1 aromatic carbocycles. The number of aromatic amines is 1. The first-order valence-corrected chi connectivity index (χ1v) is 8.39. The number of nitrogens with zero attached hydrogens (tertiary/aromatic N) is 3. The van der Waals surface area contributed by atoms with Crippen molar-refractivity contribution in [2.45, 2.75) is 13.5 Å². The van der Waals surface area contributed by atoms with Gasteiger partial charge in [0.05, 0.1) is 16.4 Å². The smallest absolute Gasteiger partial charge is 0.356 e. The molecule has 0 saturated heterocycles. The number of carbonyl (C=O) groups is 1. The van der Waals surface area contributed by atoms with Crippen LogP contribution >= 0.6 is 11.6 Å². The predicted octanol–water partition coefficient (Wildman–Crippen LogP) is 4.04. The summed E-state index contributed by atoms with van der Waals surface area (Å²) in [6.45, 7) is 2.08. The van der Waals surface area contributed by atoms with E-state index < -0.39 is 5.97 Å². The van der Waals surface area contributed by atoms with Crippen LogP contribution in [0.4, 0.5) is 0 Å². The maximum Gasteiger partial charge on any atom is 0.356 e. The number of imidazole rings is 1. The molecule has 130 valence electrons. The van der Waals surface area contributed by atoms with Crippen LogP contribution in [-0.4, -0.2) is 25.6 Å². The van der Waals surface area contributed by atoms with Crippen LogP contribution in [0.1, 0.15) is 21.7 Å². The average molecular weight is 367 g/mol. The number of carbonyl (C=O) groups excluding carboxylic acids is 1. The first-order chi connectivity index (χ1) is 12.6. The largest absolute Gasteiger partial charge is 0.454 e. The van der Waals surface area contributed by atoms with Gasteiger partial charge in [-0.05, 0) is 25.1 Å². The van der Waals surface area contributed by atoms with Gasteiger partial charge in [0, 0.05) is 18.0 Å². The Labute approximate surface area is 154 Å². The molecule has 0 bridgehead atoms. The van der Waals surface area contributed by atoms with E-state index in [4.69, 9.17) is 16.3 Å². The number of halogens is 1. The molecule has 0 aliphatic carbocycles. The molecule has 0 atom stereocenters. The summed E-state index contributed by atoms with van der Waals surface area (Å²) >= 11 is 5.95. The monoisotopic (exact) mass is 366 g/mol. The Kier molecular flexibility index (Phi) is 4.18. The number of hydrogen-bond donors (Lipinski definition) is 1. The molecule has 0 unspecified atom stereocenters. The van der Waals surface area contributed by atoms with Crippen LogP contribution in [0.2, 0.25) is 5.02 Å². The molecule has 7 heteroatoms. The van der Waals surface area contributed by atoms with E-state index in [1.165, 1.54) is 0 Å². The molecule has 3 aromatic heterocycles. The van der Waals surface area contributed by atoms with Crippen LogP contribution in [-0.2, 0) is 11.3 Å². The van der Waals surface area contributed by atoms with Crippen LogP contribution in [0.3, 0.4) is 0 Å². The van der Waals surface area contributed by atoms with E-state index in [0.717, 1.165) is 16.8 Å². The van der Waals surface area contributed by atoms with Gasteiger partial charge in [0.2, 0.25) is 0 Å². The molecule has 1 N–H and O–H groups in total. The Hall–Kier alpha value is -3.12. The number of rotatable bonds is 4. The molecule has 0 spiro atoms. The van der Waals surface area contributed by atoms with Crippen molar-refractivity contribution < 1.29 is 9.53 Å². The minimum atomic E-state index is -0.481. The van der Waals surface area contributed by atoms with Crippen LogP contribution in [0, 0.1) is 6.92 Å². The number of H-pyrrole nitrogens is 1. The Morgan fingerprint density at radius 3 is 2.81 bits per heavy atom. The number of aryl methyl sites for hydroxylation is 1. The maximum absolute atomic E-state index is 12.2. The van der Waals surface area contributed by atoms with Crippen molar-refractivity contribution in [3.63, 3.8) is 0 Å². The second-order valence-electron chi connectivity index (χ2n) is 5.95. The van der Waals surface area contributed by atoms with Crippen LogP contribution < -0.4 is 0 Å². The normalized spacial score (nSPS) is 11.0. The third-order valence-electron chi connectivity index (χ3n) is 3.96. The van der Waals surface area contributed by atoms with Crippen molar-refractivity contribution in [3.05, 3.63) is 76.8 Å². The summed E-state index contributed by atoms with van der Waals surface area (Å²) in [6.07, 6.45) is 3.52. The lowest BCUT2D eigenvalue weighted by Crippen LogP contribution is -2.05. The number of ether oxygens (including phenoxy) is 1. The van der Waals surface area contributed by atoms with Crippen molar-refractivity contribution in [1.29, 1.82) is 0 Å². The lowest BCUT2D eigenvalue weighted by Gasteiger charge is -1.99. The van der Waals surface area contributed by atoms with Crippen molar-refractivity contribution in [2.24, 2.45) is 0 Å². The fourth-order valence-corrected chi connectivity index (χ4v) is 2.77. The molecule has 26 heavy (non-hydrogen) atoms. The summed E-state index contributed by atoms with van der Waals surface area (Å²) in [5.41, 5.74) is 4.47. The van der Waals surface area contributed by atoms with Crippen molar-refractivity contribution >= 4 is 23.2 Å². The van der Waals surface area contributed by atoms with E-state index >= 15 is 0 Å². The highest BCUT2D eigenvalue weighted by molar-refractivity contribution is 6.30. The third kappa shape index (κ3) is 3.32. The van der Waals surface area contributed by atoms with Crippen LogP contribution in [0.25, 0.3) is 16.9 Å². The van der Waals surface area contributed by atoms with Crippen LogP contribution in [0.15, 0.2) is 54.9 Å². The third-order valence-corrected chi connectivity index (χ3v) is 4.18. The second kappa shape index (κ2) is 6.65. The molecule has 0 amide bonds. The summed E-state index contributed by atoms with van der Waals surface area (Å²) < 4.78 is 7.11. The Morgan fingerprint density at radius 1 is 1.19 bits per heavy atom. The van der Waals surface area contributed by atoms with Crippen molar-refractivity contribution in [1.82, 2.24) is 19.6 Å². The summed E-state index contributed by atoms with van der Waals surface area (Å²) in [7, 11) is 0. The van der Waals surface area contributed by atoms with Gasteiger partial charge in [0.15, 0.2) is 0 Å². The molecule has 6 nitrogen and oxygen atoms in total. The quantitative estimate of drug-likeness (QED) is 0.553. The minimum absolute atomic E-state index is 0.0665. The van der Waals surface area contributed by atoms with Gasteiger partial charge in [-0.25, -0.2) is 9.78 Å². The van der Waals surface area contributed by atoms with E-state index in [9.17, 15) is 4.79 Å². The molecule has 4 aromatic rings. The SMILES string of the molecule is Cc1ccc(-c2cc(C(=O)OCc3cn4cc(Cl)ccc4n3)[nH]n2)cc1. The molecular formula is C19H15ClN4O2. The zero-order chi connectivity index (χ0) is 18.1. The highest BCUT2D eigenvalue weighted by Gasteiger charge is 2.13. The van der Waals surface area contributed by atoms with Crippen LogP contribution in [0.5, 0.6) is 0 Å². The van der Waals surface area contributed by atoms with E-state index in [-0.39, 0.29) is 6.61 Å². The van der Waals surface area contributed by atoms with Gasteiger partial charge in [-0.3, -0.25) is 5.10 Å². The van der Waals surface area contributed by atoms with Gasteiger partial charge >= 0.3 is 5.97 Å². The van der Waals surface area contributed by atoms with E-state index in [1.807, 2.05) is 31.2 Å². The molecular weight excluding hydrogens is 352 g/mol. The zero-order valence-electron chi connectivity index (χ0n) is 13.9. The van der Waals surface area contributed by atoms with E-state index in [1.54, 1.807) is 35.0 Å². The molecule has 0 fully saturated rings.